The van der Waals surface area contributed by atoms with Gasteiger partial charge in [-0.3, -0.25) is 9.89 Å². The van der Waals surface area contributed by atoms with E-state index in [1.54, 1.807) is 19.1 Å². The third-order valence-corrected chi connectivity index (χ3v) is 2.30. The quantitative estimate of drug-likeness (QED) is 0.736. The van der Waals surface area contributed by atoms with Crippen LogP contribution >= 0.6 is 0 Å². The topological polar surface area (TPSA) is 90.9 Å². The van der Waals surface area contributed by atoms with Gasteiger partial charge in [-0.05, 0) is 25.1 Å². The number of carbonyl (C=O) groups excluding carboxylic acids is 1. The van der Waals surface area contributed by atoms with Crippen molar-refractivity contribution in [2.24, 2.45) is 0 Å². The van der Waals surface area contributed by atoms with E-state index in [9.17, 15) is 9.90 Å². The van der Waals surface area contributed by atoms with Gasteiger partial charge in [0.1, 0.15) is 17.9 Å². The molecule has 0 fully saturated rings. The molecule has 1 heterocycles. The maximum absolute atomic E-state index is 11.8. The normalized spacial score (nSPS) is 12.1. The summed E-state index contributed by atoms with van der Waals surface area (Å²) in [5.74, 6) is 0.369. The summed E-state index contributed by atoms with van der Waals surface area (Å²) in [5.41, 5.74) is 0.399. The van der Waals surface area contributed by atoms with Crippen LogP contribution in [0.5, 0.6) is 5.75 Å². The fourth-order valence-corrected chi connectivity index (χ4v) is 1.42. The first-order chi connectivity index (χ1) is 8.16. The molecule has 1 amide bonds. The molecule has 0 aliphatic heterocycles. The third kappa shape index (κ3) is 2.60. The van der Waals surface area contributed by atoms with Crippen molar-refractivity contribution in [3.63, 3.8) is 0 Å². The highest BCUT2D eigenvalue weighted by atomic mass is 16.3. The largest absolute Gasteiger partial charge is 0.508 e. The van der Waals surface area contributed by atoms with E-state index in [2.05, 4.69) is 20.5 Å². The molecule has 6 heteroatoms. The summed E-state index contributed by atoms with van der Waals surface area (Å²) in [5, 5.41) is 18.4. The zero-order chi connectivity index (χ0) is 12.3. The number of amides is 1. The second kappa shape index (κ2) is 4.65. The summed E-state index contributed by atoms with van der Waals surface area (Å²) in [4.78, 5) is 15.8. The van der Waals surface area contributed by atoms with Gasteiger partial charge in [0.05, 0.1) is 6.04 Å². The van der Waals surface area contributed by atoms with Crippen molar-refractivity contribution < 1.29 is 9.90 Å². The van der Waals surface area contributed by atoms with E-state index in [1.807, 2.05) is 0 Å². The highest BCUT2D eigenvalue weighted by Crippen LogP contribution is 2.12. The Morgan fingerprint density at radius 3 is 3.00 bits per heavy atom. The van der Waals surface area contributed by atoms with Crippen LogP contribution in [0.25, 0.3) is 0 Å². The lowest BCUT2D eigenvalue weighted by Gasteiger charge is -2.10. The van der Waals surface area contributed by atoms with E-state index in [-0.39, 0.29) is 17.7 Å². The predicted octanol–water partition coefficient (Wildman–Crippen LogP) is 1.00. The van der Waals surface area contributed by atoms with E-state index in [4.69, 9.17) is 0 Å². The molecule has 88 valence electrons. The summed E-state index contributed by atoms with van der Waals surface area (Å²) in [7, 11) is 0. The zero-order valence-corrected chi connectivity index (χ0v) is 9.21. The lowest BCUT2D eigenvalue weighted by atomic mass is 10.2. The van der Waals surface area contributed by atoms with E-state index < -0.39 is 0 Å². The van der Waals surface area contributed by atoms with E-state index in [0.717, 1.165) is 0 Å². The first-order valence-corrected chi connectivity index (χ1v) is 5.12. The molecule has 1 unspecified atom stereocenters. The van der Waals surface area contributed by atoms with E-state index in [0.29, 0.717) is 11.4 Å². The number of hydrogen-bond acceptors (Lipinski definition) is 4. The Labute approximate surface area is 97.7 Å². The van der Waals surface area contributed by atoms with Crippen molar-refractivity contribution in [3.05, 3.63) is 42.0 Å². The van der Waals surface area contributed by atoms with Crippen molar-refractivity contribution in [2.45, 2.75) is 13.0 Å². The molecule has 0 aliphatic carbocycles. The molecule has 17 heavy (non-hydrogen) atoms. The third-order valence-electron chi connectivity index (χ3n) is 2.30. The van der Waals surface area contributed by atoms with Gasteiger partial charge in [-0.1, -0.05) is 6.07 Å². The van der Waals surface area contributed by atoms with Gasteiger partial charge < -0.3 is 10.4 Å². The average molecular weight is 232 g/mol. The number of nitrogens with one attached hydrogen (secondary N) is 2. The number of phenols is 1. The van der Waals surface area contributed by atoms with Crippen molar-refractivity contribution in [1.29, 1.82) is 0 Å². The molecule has 2 aromatic rings. The van der Waals surface area contributed by atoms with Crippen molar-refractivity contribution in [2.75, 3.05) is 0 Å². The van der Waals surface area contributed by atoms with Crippen molar-refractivity contribution in [3.8, 4) is 5.75 Å². The second-order valence-corrected chi connectivity index (χ2v) is 3.62. The Hall–Kier alpha value is -2.37. The molecule has 1 aromatic carbocycles. The van der Waals surface area contributed by atoms with Gasteiger partial charge >= 0.3 is 0 Å². The lowest BCUT2D eigenvalue weighted by molar-refractivity contribution is 0.0938. The highest BCUT2D eigenvalue weighted by Gasteiger charge is 2.13. The highest BCUT2D eigenvalue weighted by molar-refractivity contribution is 5.94. The molecule has 6 nitrogen and oxygen atoms in total. The molecule has 0 saturated carbocycles. The van der Waals surface area contributed by atoms with Gasteiger partial charge in [-0.2, -0.15) is 5.10 Å². The number of carbonyl (C=O) groups is 1. The lowest BCUT2D eigenvalue weighted by Crippen LogP contribution is -2.27. The number of rotatable bonds is 3. The van der Waals surface area contributed by atoms with E-state index in [1.165, 1.54) is 18.5 Å². The molecule has 0 aliphatic rings. The van der Waals surface area contributed by atoms with Crippen LogP contribution in [0.2, 0.25) is 0 Å². The first-order valence-electron chi connectivity index (χ1n) is 5.12. The van der Waals surface area contributed by atoms with Gasteiger partial charge in [0.15, 0.2) is 0 Å². The number of benzene rings is 1. The molecule has 1 atom stereocenters. The smallest absolute Gasteiger partial charge is 0.251 e. The van der Waals surface area contributed by atoms with Crippen LogP contribution in [0.4, 0.5) is 0 Å². The SMILES string of the molecule is CC(NC(=O)c1cccc(O)c1)c1ncn[nH]1. The van der Waals surface area contributed by atoms with Gasteiger partial charge in [-0.25, -0.2) is 4.98 Å². The fraction of sp³-hybridized carbons (Fsp3) is 0.182. The number of nitrogens with zero attached hydrogens (tertiary/aromatic N) is 2. The van der Waals surface area contributed by atoms with E-state index >= 15 is 0 Å². The van der Waals surface area contributed by atoms with Crippen LogP contribution in [0.15, 0.2) is 30.6 Å². The Morgan fingerprint density at radius 1 is 1.53 bits per heavy atom. The molecular formula is C11H12N4O2. The molecule has 0 spiro atoms. The molecule has 3 N–H and O–H groups in total. The molecule has 0 radical (unpaired) electrons. The Kier molecular flexibility index (Phi) is 3.04. The number of H-pyrrole nitrogens is 1. The maximum Gasteiger partial charge on any atom is 0.251 e. The summed E-state index contributed by atoms with van der Waals surface area (Å²) in [6.45, 7) is 1.79. The average Bonchev–Trinajstić information content (AvgIpc) is 2.82. The zero-order valence-electron chi connectivity index (χ0n) is 9.21. The predicted molar refractivity (Wildman–Crippen MR) is 60.4 cm³/mol. The standard InChI is InChI=1S/C11H12N4O2/c1-7(10-12-6-13-15-10)14-11(17)8-3-2-4-9(16)5-8/h2-7,16H,1H3,(H,14,17)(H,12,13,15). The van der Waals surface area contributed by atoms with Gasteiger partial charge in [0.2, 0.25) is 0 Å². The summed E-state index contributed by atoms with van der Waals surface area (Å²) in [6, 6.07) is 5.89. The summed E-state index contributed by atoms with van der Waals surface area (Å²) >= 11 is 0. The van der Waals surface area contributed by atoms with Crippen LogP contribution in [0, 0.1) is 0 Å². The van der Waals surface area contributed by atoms with Crippen molar-refractivity contribution in [1.82, 2.24) is 20.5 Å². The molecular weight excluding hydrogens is 220 g/mol. The monoisotopic (exact) mass is 232 g/mol. The molecule has 0 saturated heterocycles. The van der Waals surface area contributed by atoms with Gasteiger partial charge in [-0.15, -0.1) is 0 Å². The summed E-state index contributed by atoms with van der Waals surface area (Å²) < 4.78 is 0. The van der Waals surface area contributed by atoms with Crippen molar-refractivity contribution >= 4 is 5.91 Å². The fourth-order valence-electron chi connectivity index (χ4n) is 1.42. The van der Waals surface area contributed by atoms with Crippen LogP contribution in [0.1, 0.15) is 29.1 Å². The summed E-state index contributed by atoms with van der Waals surface area (Å²) in [6.07, 6.45) is 1.38. The molecule has 1 aromatic heterocycles. The van der Waals surface area contributed by atoms with Gasteiger partial charge in [0, 0.05) is 5.56 Å². The number of phenolic OH excluding ortho intramolecular Hbond substituents is 1. The minimum absolute atomic E-state index is 0.0602. The second-order valence-electron chi connectivity index (χ2n) is 3.62. The van der Waals surface area contributed by atoms with Crippen LogP contribution in [-0.4, -0.2) is 26.2 Å². The minimum Gasteiger partial charge on any atom is -0.508 e. The maximum atomic E-state index is 11.8. The number of hydrogen-bond donors (Lipinski definition) is 3. The van der Waals surface area contributed by atoms with Crippen LogP contribution < -0.4 is 5.32 Å². The Bertz CT molecular complexity index is 510. The molecule has 0 bridgehead atoms. The molecule has 2 rings (SSSR count). The number of aromatic hydroxyl groups is 1. The van der Waals surface area contributed by atoms with Crippen LogP contribution in [-0.2, 0) is 0 Å². The Balaban J connectivity index is 2.07. The van der Waals surface area contributed by atoms with Gasteiger partial charge in [0.25, 0.3) is 5.91 Å². The number of aromatic amines is 1. The number of aromatic nitrogens is 3. The first kappa shape index (κ1) is 11.1. The minimum atomic E-state index is -0.273. The Morgan fingerprint density at radius 2 is 2.35 bits per heavy atom. The van der Waals surface area contributed by atoms with Crippen LogP contribution in [0.3, 0.4) is 0 Å².